The lowest BCUT2D eigenvalue weighted by molar-refractivity contribution is 0.124. The van der Waals surface area contributed by atoms with Crippen LogP contribution in [-0.2, 0) is 17.2 Å². The van der Waals surface area contributed by atoms with Crippen molar-refractivity contribution in [3.05, 3.63) is 24.0 Å². The Morgan fingerprint density at radius 1 is 1.30 bits per heavy atom. The summed E-state index contributed by atoms with van der Waals surface area (Å²) in [6.07, 6.45) is 2.25. The highest BCUT2D eigenvalue weighted by Crippen LogP contribution is 2.22. The molecule has 20 heavy (non-hydrogen) atoms. The van der Waals surface area contributed by atoms with Crippen LogP contribution >= 0.6 is 11.6 Å². The van der Waals surface area contributed by atoms with Crippen molar-refractivity contribution in [1.82, 2.24) is 9.55 Å². The van der Waals surface area contributed by atoms with Crippen LogP contribution < -0.4 is 4.74 Å². The van der Waals surface area contributed by atoms with Crippen molar-refractivity contribution >= 4 is 22.6 Å². The van der Waals surface area contributed by atoms with Crippen molar-refractivity contribution in [3.63, 3.8) is 0 Å². The third kappa shape index (κ3) is 3.44. The third-order valence-electron chi connectivity index (χ3n) is 3.26. The molecule has 0 aliphatic rings. The number of nitrogens with zero attached hydrogens (tertiary/aromatic N) is 2. The monoisotopic (exact) mass is 296 g/mol. The fourth-order valence-corrected chi connectivity index (χ4v) is 2.35. The minimum atomic E-state index is 0.395. The van der Waals surface area contributed by atoms with E-state index in [1.807, 2.05) is 18.2 Å². The van der Waals surface area contributed by atoms with Crippen LogP contribution in [0.3, 0.4) is 0 Å². The van der Waals surface area contributed by atoms with Gasteiger partial charge < -0.3 is 14.0 Å². The number of imidazole rings is 1. The number of unbranched alkanes of at least 4 members (excludes halogenated alkanes) is 1. The molecule has 1 aromatic heterocycles. The Labute approximate surface area is 124 Å². The second-order valence-electron chi connectivity index (χ2n) is 4.63. The van der Waals surface area contributed by atoms with Crippen LogP contribution in [0, 0.1) is 0 Å². The number of fused-ring (bicyclic) bond motifs is 1. The number of benzene rings is 1. The van der Waals surface area contributed by atoms with Gasteiger partial charge in [-0.15, -0.1) is 11.6 Å². The Bertz CT molecular complexity index is 554. The van der Waals surface area contributed by atoms with Crippen LogP contribution in [0.1, 0.15) is 25.6 Å². The number of halogens is 1. The maximum absolute atomic E-state index is 5.98. The highest BCUT2D eigenvalue weighted by Gasteiger charge is 2.10. The molecule has 0 N–H and O–H groups in total. The van der Waals surface area contributed by atoms with E-state index in [1.54, 1.807) is 7.11 Å². The van der Waals surface area contributed by atoms with Crippen molar-refractivity contribution in [2.75, 3.05) is 20.3 Å². The van der Waals surface area contributed by atoms with Gasteiger partial charge in [-0.3, -0.25) is 0 Å². The van der Waals surface area contributed by atoms with E-state index in [0.717, 1.165) is 48.6 Å². The molecule has 0 radical (unpaired) electrons. The maximum atomic E-state index is 5.98. The first kappa shape index (κ1) is 15.1. The number of hydrogen-bond donors (Lipinski definition) is 0. The second-order valence-corrected chi connectivity index (χ2v) is 4.90. The number of hydrogen-bond acceptors (Lipinski definition) is 3. The molecule has 0 aliphatic heterocycles. The van der Waals surface area contributed by atoms with E-state index in [0.29, 0.717) is 12.5 Å². The van der Waals surface area contributed by atoms with E-state index in [-0.39, 0.29) is 0 Å². The minimum Gasteiger partial charge on any atom is -0.497 e. The Kier molecular flexibility index (Phi) is 5.68. The van der Waals surface area contributed by atoms with E-state index < -0.39 is 0 Å². The fraction of sp³-hybridized carbons (Fsp3) is 0.533. The second kappa shape index (κ2) is 7.50. The summed E-state index contributed by atoms with van der Waals surface area (Å²) in [6, 6.07) is 5.89. The molecule has 5 heteroatoms. The molecular weight excluding hydrogens is 276 g/mol. The zero-order valence-corrected chi connectivity index (χ0v) is 12.8. The SMILES string of the molecule is CCCCOCCn1c(CCl)nc2cc(OC)ccc21. The molecule has 0 aliphatic carbocycles. The summed E-state index contributed by atoms with van der Waals surface area (Å²) in [5.41, 5.74) is 1.98. The summed E-state index contributed by atoms with van der Waals surface area (Å²) < 4.78 is 13.0. The first-order chi connectivity index (χ1) is 9.80. The molecule has 0 fully saturated rings. The number of aromatic nitrogens is 2. The number of ether oxygens (including phenoxy) is 2. The number of rotatable bonds is 8. The van der Waals surface area contributed by atoms with Gasteiger partial charge in [-0.1, -0.05) is 13.3 Å². The van der Waals surface area contributed by atoms with Gasteiger partial charge in [0.1, 0.15) is 11.6 Å². The van der Waals surface area contributed by atoms with Crippen LogP contribution in [0.2, 0.25) is 0 Å². The van der Waals surface area contributed by atoms with Gasteiger partial charge >= 0.3 is 0 Å². The molecule has 0 spiro atoms. The standard InChI is InChI=1S/C15H21ClN2O2/c1-3-4-8-20-9-7-18-14-6-5-12(19-2)10-13(14)17-15(18)11-16/h5-6,10H,3-4,7-9,11H2,1-2H3. The fourth-order valence-electron chi connectivity index (χ4n) is 2.14. The number of methoxy groups -OCH3 is 1. The van der Waals surface area contributed by atoms with Crippen LogP contribution in [-0.4, -0.2) is 29.9 Å². The maximum Gasteiger partial charge on any atom is 0.124 e. The highest BCUT2D eigenvalue weighted by molar-refractivity contribution is 6.16. The summed E-state index contributed by atoms with van der Waals surface area (Å²) in [7, 11) is 1.65. The smallest absolute Gasteiger partial charge is 0.124 e. The van der Waals surface area contributed by atoms with Crippen molar-refractivity contribution in [2.45, 2.75) is 32.2 Å². The van der Waals surface area contributed by atoms with Gasteiger partial charge in [-0.25, -0.2) is 4.98 Å². The topological polar surface area (TPSA) is 36.3 Å². The molecule has 0 saturated heterocycles. The molecule has 1 heterocycles. The van der Waals surface area contributed by atoms with Gasteiger partial charge in [-0.05, 0) is 18.6 Å². The quantitative estimate of drug-likeness (QED) is 0.551. The first-order valence-electron chi connectivity index (χ1n) is 6.97. The summed E-state index contributed by atoms with van der Waals surface area (Å²) in [5, 5.41) is 0. The van der Waals surface area contributed by atoms with Gasteiger partial charge in [0.05, 0.1) is 30.6 Å². The van der Waals surface area contributed by atoms with Crippen molar-refractivity contribution in [2.24, 2.45) is 0 Å². The van der Waals surface area contributed by atoms with E-state index >= 15 is 0 Å². The molecule has 0 atom stereocenters. The van der Waals surface area contributed by atoms with Crippen LogP contribution in [0.15, 0.2) is 18.2 Å². The molecule has 1 aromatic carbocycles. The average molecular weight is 297 g/mol. The van der Waals surface area contributed by atoms with Gasteiger partial charge in [0.2, 0.25) is 0 Å². The van der Waals surface area contributed by atoms with E-state index in [1.165, 1.54) is 0 Å². The van der Waals surface area contributed by atoms with Gasteiger partial charge in [0.15, 0.2) is 0 Å². The highest BCUT2D eigenvalue weighted by atomic mass is 35.5. The Hall–Kier alpha value is -1.26. The Morgan fingerprint density at radius 3 is 2.85 bits per heavy atom. The van der Waals surface area contributed by atoms with Crippen LogP contribution in [0.5, 0.6) is 5.75 Å². The van der Waals surface area contributed by atoms with Crippen LogP contribution in [0.25, 0.3) is 11.0 Å². The summed E-state index contributed by atoms with van der Waals surface area (Å²) >= 11 is 5.98. The molecule has 2 aromatic rings. The van der Waals surface area contributed by atoms with Gasteiger partial charge in [-0.2, -0.15) is 0 Å². The lowest BCUT2D eigenvalue weighted by Crippen LogP contribution is -2.09. The molecule has 110 valence electrons. The summed E-state index contributed by atoms with van der Waals surface area (Å²) in [4.78, 5) is 4.55. The molecule has 0 unspecified atom stereocenters. The minimum absolute atomic E-state index is 0.395. The molecule has 0 bridgehead atoms. The Balaban J connectivity index is 2.13. The zero-order valence-electron chi connectivity index (χ0n) is 12.1. The van der Waals surface area contributed by atoms with Crippen LogP contribution in [0.4, 0.5) is 0 Å². The molecular formula is C15H21ClN2O2. The largest absolute Gasteiger partial charge is 0.497 e. The van der Waals surface area contributed by atoms with E-state index in [2.05, 4.69) is 16.5 Å². The number of alkyl halides is 1. The lowest BCUT2D eigenvalue weighted by atomic mass is 10.3. The molecule has 4 nitrogen and oxygen atoms in total. The predicted octanol–water partition coefficient (Wildman–Crippen LogP) is 3.60. The average Bonchev–Trinajstić information content (AvgIpc) is 2.84. The lowest BCUT2D eigenvalue weighted by Gasteiger charge is -2.08. The third-order valence-corrected chi connectivity index (χ3v) is 3.49. The normalized spacial score (nSPS) is 11.2. The van der Waals surface area contributed by atoms with E-state index in [4.69, 9.17) is 21.1 Å². The van der Waals surface area contributed by atoms with E-state index in [9.17, 15) is 0 Å². The summed E-state index contributed by atoms with van der Waals surface area (Å²) in [5.74, 6) is 2.07. The first-order valence-corrected chi connectivity index (χ1v) is 7.50. The molecule has 2 rings (SSSR count). The zero-order chi connectivity index (χ0) is 14.4. The molecule has 0 amide bonds. The Morgan fingerprint density at radius 2 is 2.15 bits per heavy atom. The van der Waals surface area contributed by atoms with Gasteiger partial charge in [0.25, 0.3) is 0 Å². The van der Waals surface area contributed by atoms with Gasteiger partial charge in [0, 0.05) is 19.2 Å². The predicted molar refractivity (Wildman–Crippen MR) is 81.6 cm³/mol. The molecule has 0 saturated carbocycles. The van der Waals surface area contributed by atoms with Crippen molar-refractivity contribution in [3.8, 4) is 5.75 Å². The summed E-state index contributed by atoms with van der Waals surface area (Å²) in [6.45, 7) is 4.43. The van der Waals surface area contributed by atoms with Crippen molar-refractivity contribution in [1.29, 1.82) is 0 Å². The van der Waals surface area contributed by atoms with Crippen molar-refractivity contribution < 1.29 is 9.47 Å².